The zero-order chi connectivity index (χ0) is 18.6. The minimum Gasteiger partial charge on any atom is -0.458 e. The van der Waals surface area contributed by atoms with Crippen molar-refractivity contribution in [3.05, 3.63) is 68.8 Å². The molecule has 0 bridgehead atoms. The van der Waals surface area contributed by atoms with Crippen LogP contribution in [0.2, 0.25) is 0 Å². The van der Waals surface area contributed by atoms with Crippen molar-refractivity contribution in [1.29, 1.82) is 0 Å². The van der Waals surface area contributed by atoms with Gasteiger partial charge in [0.05, 0.1) is 5.69 Å². The van der Waals surface area contributed by atoms with Gasteiger partial charge < -0.3 is 9.15 Å². The van der Waals surface area contributed by atoms with E-state index in [0.29, 0.717) is 11.3 Å². The summed E-state index contributed by atoms with van der Waals surface area (Å²) in [4.78, 5) is 28.3. The molecule has 0 aliphatic carbocycles. The molecule has 7 nitrogen and oxygen atoms in total. The van der Waals surface area contributed by atoms with Gasteiger partial charge in [0.1, 0.15) is 18.2 Å². The van der Waals surface area contributed by atoms with E-state index in [9.17, 15) is 9.59 Å². The average Bonchev–Trinajstić information content (AvgIpc) is 3.42. The molecule has 27 heavy (non-hydrogen) atoms. The Labute approximate surface area is 161 Å². The summed E-state index contributed by atoms with van der Waals surface area (Å²) in [5.74, 6) is -1.14. The molecule has 0 saturated heterocycles. The fourth-order valence-corrected chi connectivity index (χ4v) is 3.83. The van der Waals surface area contributed by atoms with E-state index in [1.54, 1.807) is 35.6 Å². The quantitative estimate of drug-likeness (QED) is 0.462. The number of nitrogens with zero attached hydrogens (tertiary/aromatic N) is 3. The van der Waals surface area contributed by atoms with E-state index in [1.807, 2.05) is 28.3 Å². The first-order valence-electron chi connectivity index (χ1n) is 7.95. The van der Waals surface area contributed by atoms with Gasteiger partial charge in [-0.3, -0.25) is 4.79 Å². The van der Waals surface area contributed by atoms with Gasteiger partial charge in [-0.2, -0.15) is 16.0 Å². The number of aromatic nitrogens is 3. The summed E-state index contributed by atoms with van der Waals surface area (Å²) >= 11 is 3.09. The molecular formula is C18H13N3O4S2. The molecular weight excluding hydrogens is 386 g/mol. The number of hydrogen-bond acceptors (Lipinski definition) is 8. The van der Waals surface area contributed by atoms with Gasteiger partial charge in [-0.1, -0.05) is 18.2 Å². The Bertz CT molecular complexity index is 1100. The second kappa shape index (κ2) is 7.68. The molecule has 1 aromatic carbocycles. The first kappa shape index (κ1) is 17.4. The van der Waals surface area contributed by atoms with Crippen LogP contribution in [0.3, 0.4) is 0 Å². The molecule has 0 aliphatic rings. The van der Waals surface area contributed by atoms with E-state index >= 15 is 0 Å². The van der Waals surface area contributed by atoms with Crippen molar-refractivity contribution in [3.8, 4) is 22.0 Å². The van der Waals surface area contributed by atoms with Crippen molar-refractivity contribution < 1.29 is 13.9 Å². The number of thiophene rings is 1. The number of rotatable bonds is 6. The lowest BCUT2D eigenvalue weighted by Crippen LogP contribution is -2.23. The summed E-state index contributed by atoms with van der Waals surface area (Å²) in [7, 11) is 0. The average molecular weight is 399 g/mol. The third-order valence-electron chi connectivity index (χ3n) is 3.61. The molecule has 0 saturated carbocycles. The lowest BCUT2D eigenvalue weighted by molar-refractivity contribution is -0.146. The van der Waals surface area contributed by atoms with Crippen LogP contribution in [0.4, 0.5) is 0 Å². The van der Waals surface area contributed by atoms with Crippen molar-refractivity contribution in [3.63, 3.8) is 0 Å². The number of hydrogen-bond donors (Lipinski definition) is 0. The van der Waals surface area contributed by atoms with Crippen molar-refractivity contribution in [2.45, 2.75) is 13.2 Å². The normalized spacial score (nSPS) is 10.8. The van der Waals surface area contributed by atoms with Gasteiger partial charge in [-0.05, 0) is 23.6 Å². The zero-order valence-electron chi connectivity index (χ0n) is 13.9. The van der Waals surface area contributed by atoms with Gasteiger partial charge in [0.25, 0.3) is 0 Å². The second-order valence-electron chi connectivity index (χ2n) is 5.51. The Balaban J connectivity index is 1.37. The third kappa shape index (κ3) is 4.04. The summed E-state index contributed by atoms with van der Waals surface area (Å²) in [5, 5.41) is 10.7. The van der Waals surface area contributed by atoms with Crippen LogP contribution in [-0.4, -0.2) is 20.7 Å². The maximum absolute atomic E-state index is 12.0. The molecule has 9 heteroatoms. The monoisotopic (exact) mass is 399 g/mol. The van der Waals surface area contributed by atoms with E-state index in [0.717, 1.165) is 15.3 Å². The highest BCUT2D eigenvalue weighted by molar-refractivity contribution is 7.14. The van der Waals surface area contributed by atoms with Crippen LogP contribution < -0.4 is 5.76 Å². The van der Waals surface area contributed by atoms with Crippen molar-refractivity contribution in [2.24, 2.45) is 0 Å². The van der Waals surface area contributed by atoms with Gasteiger partial charge in [0.15, 0.2) is 0 Å². The van der Waals surface area contributed by atoms with Gasteiger partial charge in [-0.25, -0.2) is 9.78 Å². The highest BCUT2D eigenvalue weighted by Gasteiger charge is 2.14. The number of ether oxygens (including phenoxy) is 1. The SMILES string of the molecule is O=C(Cn1nc(-c2ccccc2)oc1=O)OCc1csc(-c2ccsc2)n1. The number of carbonyl (C=O) groups excluding carboxylic acids is 1. The Hall–Kier alpha value is -3.04. The van der Waals surface area contributed by atoms with E-state index in [4.69, 9.17) is 9.15 Å². The summed E-state index contributed by atoms with van der Waals surface area (Å²) in [6.45, 7) is -0.283. The molecule has 0 fully saturated rings. The number of esters is 1. The van der Waals surface area contributed by atoms with Crippen molar-refractivity contribution >= 4 is 28.6 Å². The fraction of sp³-hybridized carbons (Fsp3) is 0.111. The van der Waals surface area contributed by atoms with Gasteiger partial charge >= 0.3 is 11.7 Å². The lowest BCUT2D eigenvalue weighted by atomic mass is 10.2. The molecule has 0 aliphatic heterocycles. The summed E-state index contributed by atoms with van der Waals surface area (Å²) in [6, 6.07) is 11.0. The fourth-order valence-electron chi connectivity index (χ4n) is 2.32. The largest absolute Gasteiger partial charge is 0.458 e. The predicted octanol–water partition coefficient (Wildman–Crippen LogP) is 3.43. The molecule has 136 valence electrons. The Morgan fingerprint density at radius 1 is 1.15 bits per heavy atom. The van der Waals surface area contributed by atoms with Crippen LogP contribution >= 0.6 is 22.7 Å². The minimum atomic E-state index is -0.709. The highest BCUT2D eigenvalue weighted by Crippen LogP contribution is 2.25. The van der Waals surface area contributed by atoms with Crippen molar-refractivity contribution in [1.82, 2.24) is 14.8 Å². The van der Waals surface area contributed by atoms with E-state index in [1.165, 1.54) is 11.3 Å². The standard InChI is InChI=1S/C18H13N3O4S2/c22-15(24-9-14-11-27-17(19-14)13-6-7-26-10-13)8-21-18(23)25-16(20-21)12-4-2-1-3-5-12/h1-7,10-11H,8-9H2. The third-order valence-corrected chi connectivity index (χ3v) is 5.23. The van der Waals surface area contributed by atoms with Crippen LogP contribution in [0.1, 0.15) is 5.69 Å². The maximum atomic E-state index is 12.0. The van der Waals surface area contributed by atoms with E-state index in [-0.39, 0.29) is 19.0 Å². The van der Waals surface area contributed by atoms with Crippen LogP contribution in [0.25, 0.3) is 22.0 Å². The Morgan fingerprint density at radius 3 is 2.78 bits per heavy atom. The minimum absolute atomic E-state index is 0.0393. The topological polar surface area (TPSA) is 87.2 Å². The smallest absolute Gasteiger partial charge is 0.437 e. The number of benzene rings is 1. The maximum Gasteiger partial charge on any atom is 0.437 e. The van der Waals surface area contributed by atoms with E-state index < -0.39 is 11.7 Å². The molecule has 0 atom stereocenters. The van der Waals surface area contributed by atoms with Crippen LogP contribution in [0.15, 0.2) is 61.8 Å². The summed E-state index contributed by atoms with van der Waals surface area (Å²) in [5.41, 5.74) is 2.36. The second-order valence-corrected chi connectivity index (χ2v) is 7.15. The summed E-state index contributed by atoms with van der Waals surface area (Å²) < 4.78 is 11.2. The first-order valence-corrected chi connectivity index (χ1v) is 9.77. The Morgan fingerprint density at radius 2 is 2.00 bits per heavy atom. The number of carbonyl (C=O) groups is 1. The van der Waals surface area contributed by atoms with Crippen LogP contribution in [-0.2, 0) is 22.7 Å². The Kier molecular flexibility index (Phi) is 4.95. The molecule has 4 aromatic rings. The molecule has 0 N–H and O–H groups in total. The van der Waals surface area contributed by atoms with Gasteiger partial charge in [0, 0.05) is 21.9 Å². The lowest BCUT2D eigenvalue weighted by Gasteiger charge is -2.01. The zero-order valence-corrected chi connectivity index (χ0v) is 15.5. The molecule has 0 spiro atoms. The first-order chi connectivity index (χ1) is 13.2. The van der Waals surface area contributed by atoms with Crippen molar-refractivity contribution in [2.75, 3.05) is 0 Å². The predicted molar refractivity (Wildman–Crippen MR) is 101 cm³/mol. The molecule has 3 heterocycles. The van der Waals surface area contributed by atoms with Gasteiger partial charge in [0.2, 0.25) is 5.89 Å². The molecule has 0 unspecified atom stereocenters. The molecule has 0 amide bonds. The van der Waals surface area contributed by atoms with E-state index in [2.05, 4.69) is 10.1 Å². The van der Waals surface area contributed by atoms with Crippen LogP contribution in [0.5, 0.6) is 0 Å². The molecule has 3 aromatic heterocycles. The molecule has 4 rings (SSSR count). The highest BCUT2D eigenvalue weighted by atomic mass is 32.1. The number of thiazole rings is 1. The molecule has 0 radical (unpaired) electrons. The summed E-state index contributed by atoms with van der Waals surface area (Å²) in [6.07, 6.45) is 0. The van der Waals surface area contributed by atoms with Gasteiger partial charge in [-0.15, -0.1) is 16.4 Å². The van der Waals surface area contributed by atoms with Crippen LogP contribution in [0, 0.1) is 0 Å².